The molecule has 0 unspecified atom stereocenters. The van der Waals surface area contributed by atoms with Gasteiger partial charge in [0.05, 0.1) is 0 Å². The fourth-order valence-electron chi connectivity index (χ4n) is 3.34. The summed E-state index contributed by atoms with van der Waals surface area (Å²) < 4.78 is 0. The van der Waals surface area contributed by atoms with E-state index < -0.39 is 12.0 Å². The first-order chi connectivity index (χ1) is 11.5. The molecule has 2 aromatic carbocycles. The van der Waals surface area contributed by atoms with E-state index in [1.165, 1.54) is 11.3 Å². The lowest BCUT2D eigenvalue weighted by Gasteiger charge is -2.39. The first-order valence-corrected chi connectivity index (χ1v) is 8.39. The Morgan fingerprint density at radius 3 is 2.21 bits per heavy atom. The van der Waals surface area contributed by atoms with Crippen LogP contribution in [0.15, 0.2) is 48.5 Å². The molecule has 0 aromatic heterocycles. The Hall–Kier alpha value is -2.33. The molecule has 0 spiro atoms. The van der Waals surface area contributed by atoms with Gasteiger partial charge in [-0.2, -0.15) is 0 Å². The lowest BCUT2D eigenvalue weighted by molar-refractivity contribution is -0.143. The first-order valence-electron chi connectivity index (χ1n) is 8.39. The molecule has 2 aromatic rings. The second kappa shape index (κ2) is 7.05. The number of rotatable bonds is 4. The molecule has 1 aliphatic rings. The van der Waals surface area contributed by atoms with Crippen molar-refractivity contribution in [1.82, 2.24) is 4.90 Å². The SMILES string of the molecule is Cc1ccc(N2CCN([C@H](C(=O)O)c3cccc(C)c3)CC2)cc1. The van der Waals surface area contributed by atoms with E-state index in [0.29, 0.717) is 0 Å². The number of benzene rings is 2. The summed E-state index contributed by atoms with van der Waals surface area (Å²) in [6, 6.07) is 15.8. The topological polar surface area (TPSA) is 43.8 Å². The Kier molecular flexibility index (Phi) is 4.86. The lowest BCUT2D eigenvalue weighted by atomic mass is 10.0. The summed E-state index contributed by atoms with van der Waals surface area (Å²) in [4.78, 5) is 16.2. The number of piperazine rings is 1. The standard InChI is InChI=1S/C20H24N2O2/c1-15-6-8-18(9-7-15)21-10-12-22(13-11-21)19(20(23)24)17-5-3-4-16(2)14-17/h3-9,14,19H,10-13H2,1-2H3,(H,23,24)/t19-/m0/s1. The minimum absolute atomic E-state index is 0.565. The van der Waals surface area contributed by atoms with Crippen LogP contribution in [0.4, 0.5) is 5.69 Å². The molecular weight excluding hydrogens is 300 g/mol. The molecule has 1 N–H and O–H groups in total. The average molecular weight is 324 g/mol. The van der Waals surface area contributed by atoms with Gasteiger partial charge in [0.15, 0.2) is 0 Å². The number of hydrogen-bond acceptors (Lipinski definition) is 3. The summed E-state index contributed by atoms with van der Waals surface area (Å²) in [5.74, 6) is -0.774. The van der Waals surface area contributed by atoms with E-state index in [1.807, 2.05) is 31.2 Å². The van der Waals surface area contributed by atoms with Gasteiger partial charge >= 0.3 is 5.97 Å². The molecule has 3 rings (SSSR count). The average Bonchev–Trinajstić information content (AvgIpc) is 2.56. The second-order valence-electron chi connectivity index (χ2n) is 6.51. The van der Waals surface area contributed by atoms with Gasteiger partial charge in [0.2, 0.25) is 0 Å². The van der Waals surface area contributed by atoms with Crippen molar-refractivity contribution in [2.75, 3.05) is 31.1 Å². The Morgan fingerprint density at radius 1 is 0.958 bits per heavy atom. The highest BCUT2D eigenvalue weighted by atomic mass is 16.4. The zero-order valence-corrected chi connectivity index (χ0v) is 14.3. The van der Waals surface area contributed by atoms with Gasteiger partial charge in [0, 0.05) is 31.9 Å². The minimum atomic E-state index is -0.774. The van der Waals surface area contributed by atoms with Crippen LogP contribution in [-0.4, -0.2) is 42.2 Å². The number of carboxylic acid groups (broad SMARTS) is 1. The number of nitrogens with zero attached hydrogens (tertiary/aromatic N) is 2. The third-order valence-electron chi connectivity index (χ3n) is 4.67. The minimum Gasteiger partial charge on any atom is -0.480 e. The van der Waals surface area contributed by atoms with Crippen molar-refractivity contribution in [1.29, 1.82) is 0 Å². The van der Waals surface area contributed by atoms with Gasteiger partial charge in [-0.15, -0.1) is 0 Å². The summed E-state index contributed by atoms with van der Waals surface area (Å²) in [6.45, 7) is 7.27. The van der Waals surface area contributed by atoms with Crippen LogP contribution in [0.1, 0.15) is 22.7 Å². The number of hydrogen-bond donors (Lipinski definition) is 1. The molecule has 126 valence electrons. The van der Waals surface area contributed by atoms with Crippen LogP contribution in [0.3, 0.4) is 0 Å². The molecule has 4 nitrogen and oxygen atoms in total. The molecule has 24 heavy (non-hydrogen) atoms. The number of aryl methyl sites for hydroxylation is 2. The van der Waals surface area contributed by atoms with Gasteiger partial charge < -0.3 is 10.0 Å². The molecule has 0 radical (unpaired) electrons. The van der Waals surface area contributed by atoms with Crippen LogP contribution in [0.5, 0.6) is 0 Å². The van der Waals surface area contributed by atoms with E-state index in [4.69, 9.17) is 0 Å². The van der Waals surface area contributed by atoms with Crippen LogP contribution in [0.2, 0.25) is 0 Å². The maximum absolute atomic E-state index is 11.8. The summed E-state index contributed by atoms with van der Waals surface area (Å²) in [5, 5.41) is 9.73. The van der Waals surface area contributed by atoms with Gasteiger partial charge in [-0.1, -0.05) is 47.5 Å². The van der Waals surface area contributed by atoms with Crippen molar-refractivity contribution in [3.63, 3.8) is 0 Å². The van der Waals surface area contributed by atoms with Crippen LogP contribution in [0, 0.1) is 13.8 Å². The second-order valence-corrected chi connectivity index (χ2v) is 6.51. The molecule has 1 saturated heterocycles. The maximum Gasteiger partial charge on any atom is 0.325 e. The van der Waals surface area contributed by atoms with E-state index in [0.717, 1.165) is 37.3 Å². The van der Waals surface area contributed by atoms with E-state index in [1.54, 1.807) is 0 Å². The highest BCUT2D eigenvalue weighted by molar-refractivity contribution is 5.75. The summed E-state index contributed by atoms with van der Waals surface area (Å²) in [6.07, 6.45) is 0. The molecule has 0 amide bonds. The van der Waals surface area contributed by atoms with E-state index in [2.05, 4.69) is 41.0 Å². The Balaban J connectivity index is 1.72. The zero-order chi connectivity index (χ0) is 17.1. The molecule has 1 heterocycles. The third-order valence-corrected chi connectivity index (χ3v) is 4.67. The van der Waals surface area contributed by atoms with Gasteiger partial charge in [-0.3, -0.25) is 9.69 Å². The summed E-state index contributed by atoms with van der Waals surface area (Å²) in [7, 11) is 0. The van der Waals surface area contributed by atoms with E-state index >= 15 is 0 Å². The largest absolute Gasteiger partial charge is 0.480 e. The molecule has 1 fully saturated rings. The van der Waals surface area contributed by atoms with Crippen molar-refractivity contribution in [2.45, 2.75) is 19.9 Å². The highest BCUT2D eigenvalue weighted by Gasteiger charge is 2.30. The van der Waals surface area contributed by atoms with E-state index in [-0.39, 0.29) is 0 Å². The smallest absolute Gasteiger partial charge is 0.325 e. The Bertz CT molecular complexity index is 704. The van der Waals surface area contributed by atoms with Crippen LogP contribution >= 0.6 is 0 Å². The molecule has 4 heteroatoms. The quantitative estimate of drug-likeness (QED) is 0.937. The number of carboxylic acids is 1. The van der Waals surface area contributed by atoms with Crippen LogP contribution in [0.25, 0.3) is 0 Å². The fraction of sp³-hybridized carbons (Fsp3) is 0.350. The van der Waals surface area contributed by atoms with Crippen molar-refractivity contribution >= 4 is 11.7 Å². The lowest BCUT2D eigenvalue weighted by Crippen LogP contribution is -2.49. The highest BCUT2D eigenvalue weighted by Crippen LogP contribution is 2.25. The van der Waals surface area contributed by atoms with Gasteiger partial charge in [-0.05, 0) is 31.5 Å². The van der Waals surface area contributed by atoms with Crippen molar-refractivity contribution in [2.24, 2.45) is 0 Å². The summed E-state index contributed by atoms with van der Waals surface area (Å²) in [5.41, 5.74) is 4.42. The molecule has 0 aliphatic carbocycles. The zero-order valence-electron chi connectivity index (χ0n) is 14.3. The molecule has 1 atom stereocenters. The van der Waals surface area contributed by atoms with Crippen molar-refractivity contribution < 1.29 is 9.90 Å². The Labute approximate surface area is 143 Å². The van der Waals surface area contributed by atoms with Crippen LogP contribution in [-0.2, 0) is 4.79 Å². The predicted octanol–water partition coefficient (Wildman–Crippen LogP) is 3.25. The molecular formula is C20H24N2O2. The number of aliphatic carboxylic acids is 1. The van der Waals surface area contributed by atoms with E-state index in [9.17, 15) is 9.90 Å². The monoisotopic (exact) mass is 324 g/mol. The van der Waals surface area contributed by atoms with Crippen LogP contribution < -0.4 is 4.90 Å². The van der Waals surface area contributed by atoms with Crippen molar-refractivity contribution in [3.05, 3.63) is 65.2 Å². The summed E-state index contributed by atoms with van der Waals surface area (Å²) >= 11 is 0. The molecule has 0 bridgehead atoms. The normalized spacial score (nSPS) is 16.8. The first kappa shape index (κ1) is 16.5. The Morgan fingerprint density at radius 2 is 1.62 bits per heavy atom. The number of anilines is 1. The van der Waals surface area contributed by atoms with Gasteiger partial charge in [0.1, 0.15) is 6.04 Å². The van der Waals surface area contributed by atoms with Crippen molar-refractivity contribution in [3.8, 4) is 0 Å². The van der Waals surface area contributed by atoms with Gasteiger partial charge in [0.25, 0.3) is 0 Å². The third kappa shape index (κ3) is 3.60. The fourth-order valence-corrected chi connectivity index (χ4v) is 3.34. The predicted molar refractivity (Wildman–Crippen MR) is 96.5 cm³/mol. The number of carbonyl (C=O) groups is 1. The molecule has 0 saturated carbocycles. The maximum atomic E-state index is 11.8. The van der Waals surface area contributed by atoms with Gasteiger partial charge in [-0.25, -0.2) is 0 Å². The molecule has 1 aliphatic heterocycles.